The van der Waals surface area contributed by atoms with Crippen LogP contribution in [0.25, 0.3) is 0 Å². The lowest BCUT2D eigenvalue weighted by atomic mass is 9.35. The molecule has 1 aromatic heterocycles. The van der Waals surface area contributed by atoms with Crippen LogP contribution in [0.2, 0.25) is 0 Å². The molecule has 2 aliphatic rings. The zero-order valence-corrected chi connectivity index (χ0v) is 21.6. The third-order valence-corrected chi connectivity index (χ3v) is 7.16. The first-order valence-electron chi connectivity index (χ1n) is 13.0. The monoisotopic (exact) mass is 507 g/mol. The van der Waals surface area contributed by atoms with Gasteiger partial charge >= 0.3 is 0 Å². The van der Waals surface area contributed by atoms with Gasteiger partial charge in [-0.25, -0.2) is 9.99 Å². The molecule has 4 aromatic carbocycles. The van der Waals surface area contributed by atoms with Crippen molar-refractivity contribution in [2.45, 2.75) is 0 Å². The minimum absolute atomic E-state index is 0.00714. The molecule has 0 radical (unpaired) electrons. The van der Waals surface area contributed by atoms with Crippen LogP contribution in [0.15, 0.2) is 127 Å². The summed E-state index contributed by atoms with van der Waals surface area (Å²) in [4.78, 5) is 8.78. The van der Waals surface area contributed by atoms with E-state index in [0.29, 0.717) is 5.88 Å². The van der Waals surface area contributed by atoms with Gasteiger partial charge in [0.25, 0.3) is 0 Å². The number of hydrogen-bond donors (Lipinski definition) is 0. The van der Waals surface area contributed by atoms with Crippen LogP contribution in [-0.2, 0) is 0 Å². The number of benzene rings is 4. The lowest BCUT2D eigenvalue weighted by Crippen LogP contribution is -2.57. The number of para-hydroxylation sites is 2. The molecule has 0 saturated heterocycles. The number of hydrogen-bond acceptors (Lipinski definition) is 6. The van der Waals surface area contributed by atoms with Gasteiger partial charge in [0.1, 0.15) is 18.8 Å². The standard InChI is InChI=1S/C32H26BN5O/c1-36-22-35-37(23-36)26-13-9-10-24(20-26)33-28-14-5-6-15-30(28)38(25-11-3-2-4-12-25)31-18-17-27(21-29(31)33)39-32-16-7-8-19-34-32/h2-22H,23H2,1H3. The van der Waals surface area contributed by atoms with Crippen LogP contribution in [0.5, 0.6) is 11.6 Å². The second-order valence-electron chi connectivity index (χ2n) is 9.78. The average Bonchev–Trinajstić information content (AvgIpc) is 3.43. The molecule has 0 spiro atoms. The molecule has 39 heavy (non-hydrogen) atoms. The van der Waals surface area contributed by atoms with Crippen LogP contribution >= 0.6 is 0 Å². The highest BCUT2D eigenvalue weighted by atomic mass is 16.5. The van der Waals surface area contributed by atoms with Gasteiger partial charge < -0.3 is 14.5 Å². The third-order valence-electron chi connectivity index (χ3n) is 7.16. The zero-order valence-electron chi connectivity index (χ0n) is 21.6. The van der Waals surface area contributed by atoms with E-state index in [-0.39, 0.29) is 6.71 Å². The maximum absolute atomic E-state index is 6.21. The van der Waals surface area contributed by atoms with E-state index >= 15 is 0 Å². The van der Waals surface area contributed by atoms with Crippen LogP contribution < -0.4 is 31.0 Å². The van der Waals surface area contributed by atoms with E-state index < -0.39 is 0 Å². The lowest BCUT2D eigenvalue weighted by Gasteiger charge is -2.37. The Morgan fingerprint density at radius 1 is 0.718 bits per heavy atom. The number of fused-ring (bicyclic) bond motifs is 2. The van der Waals surface area contributed by atoms with Crippen molar-refractivity contribution in [1.82, 2.24) is 9.88 Å². The summed E-state index contributed by atoms with van der Waals surface area (Å²) in [5, 5.41) is 6.60. The van der Waals surface area contributed by atoms with Gasteiger partial charge in [-0.2, -0.15) is 5.10 Å². The lowest BCUT2D eigenvalue weighted by molar-refractivity contribution is 0.463. The summed E-state index contributed by atoms with van der Waals surface area (Å²) in [6.07, 6.45) is 3.60. The largest absolute Gasteiger partial charge is 0.439 e. The van der Waals surface area contributed by atoms with E-state index in [2.05, 4.69) is 111 Å². The molecule has 0 atom stereocenters. The number of rotatable bonds is 5. The Bertz CT molecular complexity index is 1660. The van der Waals surface area contributed by atoms with Gasteiger partial charge in [0.2, 0.25) is 12.6 Å². The van der Waals surface area contributed by atoms with Crippen molar-refractivity contribution in [3.05, 3.63) is 121 Å². The van der Waals surface area contributed by atoms with Crippen molar-refractivity contribution >= 4 is 52.2 Å². The molecule has 0 fully saturated rings. The maximum Gasteiger partial charge on any atom is 0.246 e. The minimum atomic E-state index is 0.00714. The topological polar surface area (TPSA) is 44.2 Å². The number of pyridine rings is 1. The summed E-state index contributed by atoms with van der Waals surface area (Å²) < 4.78 is 6.21. The SMILES string of the molecule is CN1C=NN(c2cccc(B3c4ccccc4N(c4ccccc4)c4ccc(Oc5ccccn5)cc43)c2)C1. The number of aromatic nitrogens is 1. The van der Waals surface area contributed by atoms with E-state index in [0.717, 1.165) is 29.5 Å². The highest BCUT2D eigenvalue weighted by molar-refractivity contribution is 6.98. The molecule has 3 heterocycles. The van der Waals surface area contributed by atoms with Gasteiger partial charge in [-0.1, -0.05) is 60.1 Å². The highest BCUT2D eigenvalue weighted by Gasteiger charge is 2.35. The molecule has 2 aliphatic heterocycles. The van der Waals surface area contributed by atoms with E-state index in [9.17, 15) is 0 Å². The fourth-order valence-electron chi connectivity index (χ4n) is 5.45. The molecule has 0 aliphatic carbocycles. The van der Waals surface area contributed by atoms with Crippen LogP contribution in [0.3, 0.4) is 0 Å². The number of nitrogens with zero attached hydrogens (tertiary/aromatic N) is 5. The first-order valence-corrected chi connectivity index (χ1v) is 13.0. The average molecular weight is 507 g/mol. The Labute approximate surface area is 228 Å². The van der Waals surface area contributed by atoms with Crippen molar-refractivity contribution in [2.24, 2.45) is 5.10 Å². The first-order chi connectivity index (χ1) is 19.2. The van der Waals surface area contributed by atoms with Crippen molar-refractivity contribution in [3.8, 4) is 11.6 Å². The summed E-state index contributed by atoms with van der Waals surface area (Å²) in [6, 6.07) is 40.0. The Morgan fingerprint density at radius 3 is 2.33 bits per heavy atom. The summed E-state index contributed by atoms with van der Waals surface area (Å²) in [7, 11) is 2.03. The summed E-state index contributed by atoms with van der Waals surface area (Å²) >= 11 is 0. The van der Waals surface area contributed by atoms with Crippen LogP contribution in [0.1, 0.15) is 0 Å². The summed E-state index contributed by atoms with van der Waals surface area (Å²) in [6.45, 7) is 0.734. The predicted octanol–water partition coefficient (Wildman–Crippen LogP) is 4.83. The minimum Gasteiger partial charge on any atom is -0.439 e. The van der Waals surface area contributed by atoms with Gasteiger partial charge in [0, 0.05) is 36.4 Å². The fourth-order valence-corrected chi connectivity index (χ4v) is 5.45. The highest BCUT2D eigenvalue weighted by Crippen LogP contribution is 2.37. The fraction of sp³-hybridized carbons (Fsp3) is 0.0625. The smallest absolute Gasteiger partial charge is 0.246 e. The molecule has 0 saturated carbocycles. The van der Waals surface area contributed by atoms with Crippen molar-refractivity contribution in [3.63, 3.8) is 0 Å². The molecule has 0 N–H and O–H groups in total. The molecule has 0 bridgehead atoms. The van der Waals surface area contributed by atoms with Crippen LogP contribution in [0.4, 0.5) is 22.7 Å². The van der Waals surface area contributed by atoms with Crippen molar-refractivity contribution in [1.29, 1.82) is 0 Å². The Morgan fingerprint density at radius 2 is 1.51 bits per heavy atom. The molecule has 5 aromatic rings. The predicted molar refractivity (Wildman–Crippen MR) is 160 cm³/mol. The number of ether oxygens (including phenoxy) is 1. The van der Waals surface area contributed by atoms with E-state index in [1.54, 1.807) is 6.20 Å². The molecule has 0 unspecified atom stereocenters. The van der Waals surface area contributed by atoms with Gasteiger partial charge in [0.05, 0.1) is 5.69 Å². The summed E-state index contributed by atoms with van der Waals surface area (Å²) in [5.74, 6) is 1.33. The van der Waals surface area contributed by atoms with E-state index in [1.807, 2.05) is 42.7 Å². The first kappa shape index (κ1) is 23.1. The van der Waals surface area contributed by atoms with Crippen LogP contribution in [-0.4, -0.2) is 36.7 Å². The van der Waals surface area contributed by atoms with Gasteiger partial charge in [-0.3, -0.25) is 0 Å². The van der Waals surface area contributed by atoms with Gasteiger partial charge in [-0.05, 0) is 65.5 Å². The quantitative estimate of drug-likeness (QED) is 0.313. The third kappa shape index (κ3) is 4.28. The maximum atomic E-state index is 6.21. The van der Waals surface area contributed by atoms with Gasteiger partial charge in [-0.15, -0.1) is 0 Å². The molecular weight excluding hydrogens is 481 g/mol. The van der Waals surface area contributed by atoms with E-state index in [4.69, 9.17) is 4.74 Å². The molecule has 0 amide bonds. The zero-order chi connectivity index (χ0) is 26.2. The van der Waals surface area contributed by atoms with Crippen molar-refractivity contribution in [2.75, 3.05) is 23.6 Å². The number of hydrazone groups is 1. The van der Waals surface area contributed by atoms with Crippen molar-refractivity contribution < 1.29 is 4.74 Å². The molecule has 6 nitrogen and oxygen atoms in total. The normalized spacial score (nSPS) is 13.9. The second kappa shape index (κ2) is 9.69. The Balaban J connectivity index is 1.40. The number of anilines is 4. The Kier molecular flexibility index (Phi) is 5.74. The molecular formula is C32H26BN5O. The van der Waals surface area contributed by atoms with Crippen LogP contribution in [0, 0.1) is 0 Å². The second-order valence-corrected chi connectivity index (χ2v) is 9.78. The summed E-state index contributed by atoms with van der Waals surface area (Å²) in [5.41, 5.74) is 8.10. The molecule has 7 heteroatoms. The van der Waals surface area contributed by atoms with E-state index in [1.165, 1.54) is 22.1 Å². The van der Waals surface area contributed by atoms with Gasteiger partial charge in [0.15, 0.2) is 0 Å². The molecule has 188 valence electrons. The Hall–Kier alpha value is -5.04. The molecule has 7 rings (SSSR count).